The Balaban J connectivity index is 1.50. The lowest BCUT2D eigenvalue weighted by Gasteiger charge is -2.20. The van der Waals surface area contributed by atoms with Crippen LogP contribution in [-0.2, 0) is 4.74 Å². The van der Waals surface area contributed by atoms with E-state index in [0.29, 0.717) is 6.10 Å². The summed E-state index contributed by atoms with van der Waals surface area (Å²) in [5, 5.41) is 3.48. The topological polar surface area (TPSA) is 24.5 Å². The van der Waals surface area contributed by atoms with Crippen LogP contribution in [0.25, 0.3) is 0 Å². The van der Waals surface area contributed by atoms with Crippen LogP contribution >= 0.6 is 0 Å². The number of nitrogens with one attached hydrogen (secondary N) is 1. The molecule has 3 aliphatic rings. The molecule has 3 heteroatoms. The van der Waals surface area contributed by atoms with Crippen LogP contribution in [0.4, 0.5) is 0 Å². The number of likely N-dealkylation sites (tertiary alicyclic amines) is 1. The van der Waals surface area contributed by atoms with E-state index in [2.05, 4.69) is 10.2 Å². The second-order valence-electron chi connectivity index (χ2n) is 5.03. The summed E-state index contributed by atoms with van der Waals surface area (Å²) in [5.74, 6) is 1.85. The molecule has 0 amide bonds. The van der Waals surface area contributed by atoms with Crippen molar-refractivity contribution in [3.63, 3.8) is 0 Å². The van der Waals surface area contributed by atoms with E-state index >= 15 is 0 Å². The third kappa shape index (κ3) is 1.69. The van der Waals surface area contributed by atoms with E-state index in [9.17, 15) is 0 Å². The van der Waals surface area contributed by atoms with Crippen molar-refractivity contribution in [3.8, 4) is 0 Å². The summed E-state index contributed by atoms with van der Waals surface area (Å²) >= 11 is 0. The minimum Gasteiger partial charge on any atom is -0.377 e. The van der Waals surface area contributed by atoms with Gasteiger partial charge in [-0.05, 0) is 37.8 Å². The SMILES string of the molecule is C1COC(CN2C[C@H]3CNC[C@H]3C2)C1. The molecular weight excluding hydrogens is 176 g/mol. The summed E-state index contributed by atoms with van der Waals surface area (Å²) in [6.07, 6.45) is 3.10. The Hall–Kier alpha value is -0.120. The second kappa shape index (κ2) is 3.80. The van der Waals surface area contributed by atoms with E-state index in [-0.39, 0.29) is 0 Å². The van der Waals surface area contributed by atoms with Crippen molar-refractivity contribution in [2.45, 2.75) is 18.9 Å². The highest BCUT2D eigenvalue weighted by molar-refractivity contribution is 4.91. The summed E-state index contributed by atoms with van der Waals surface area (Å²) in [6.45, 7) is 7.27. The molecule has 0 bridgehead atoms. The fourth-order valence-corrected chi connectivity index (χ4v) is 3.18. The molecule has 1 unspecified atom stereocenters. The quantitative estimate of drug-likeness (QED) is 0.688. The highest BCUT2D eigenvalue weighted by Gasteiger charge is 2.36. The molecule has 3 saturated heterocycles. The van der Waals surface area contributed by atoms with Gasteiger partial charge in [0.25, 0.3) is 0 Å². The van der Waals surface area contributed by atoms with Crippen LogP contribution in [-0.4, -0.2) is 50.3 Å². The molecule has 3 fully saturated rings. The molecule has 14 heavy (non-hydrogen) atoms. The summed E-state index contributed by atoms with van der Waals surface area (Å²) in [4.78, 5) is 2.62. The Morgan fingerprint density at radius 1 is 1.21 bits per heavy atom. The monoisotopic (exact) mass is 196 g/mol. The predicted molar refractivity (Wildman–Crippen MR) is 55.3 cm³/mol. The fourth-order valence-electron chi connectivity index (χ4n) is 3.18. The van der Waals surface area contributed by atoms with Gasteiger partial charge in [-0.15, -0.1) is 0 Å². The van der Waals surface area contributed by atoms with Crippen LogP contribution in [0.5, 0.6) is 0 Å². The van der Waals surface area contributed by atoms with Gasteiger partial charge in [0.1, 0.15) is 0 Å². The number of nitrogens with zero attached hydrogens (tertiary/aromatic N) is 1. The molecule has 0 spiro atoms. The summed E-state index contributed by atoms with van der Waals surface area (Å²) in [6, 6.07) is 0. The van der Waals surface area contributed by atoms with Gasteiger partial charge in [-0.3, -0.25) is 0 Å². The normalized spacial score (nSPS) is 43.3. The van der Waals surface area contributed by atoms with Gasteiger partial charge in [-0.2, -0.15) is 0 Å². The molecule has 80 valence electrons. The van der Waals surface area contributed by atoms with Crippen LogP contribution in [0.15, 0.2) is 0 Å². The third-order valence-corrected chi connectivity index (χ3v) is 3.95. The van der Waals surface area contributed by atoms with Crippen molar-refractivity contribution in [2.75, 3.05) is 39.3 Å². The van der Waals surface area contributed by atoms with Gasteiger partial charge in [0.05, 0.1) is 6.10 Å². The summed E-state index contributed by atoms with van der Waals surface area (Å²) in [7, 11) is 0. The zero-order chi connectivity index (χ0) is 9.38. The van der Waals surface area contributed by atoms with Crippen LogP contribution < -0.4 is 5.32 Å². The van der Waals surface area contributed by atoms with E-state index in [1.807, 2.05) is 0 Å². The van der Waals surface area contributed by atoms with Gasteiger partial charge in [0.2, 0.25) is 0 Å². The summed E-state index contributed by atoms with van der Waals surface area (Å²) in [5.41, 5.74) is 0. The first-order valence-electron chi connectivity index (χ1n) is 5.96. The maximum Gasteiger partial charge on any atom is 0.0702 e. The molecule has 0 saturated carbocycles. The van der Waals surface area contributed by atoms with Gasteiger partial charge < -0.3 is 15.0 Å². The molecule has 3 rings (SSSR count). The Bertz CT molecular complexity index is 191. The van der Waals surface area contributed by atoms with Gasteiger partial charge >= 0.3 is 0 Å². The molecular formula is C11H20N2O. The highest BCUT2D eigenvalue weighted by Crippen LogP contribution is 2.27. The van der Waals surface area contributed by atoms with Crippen LogP contribution in [0, 0.1) is 11.8 Å². The predicted octanol–water partition coefficient (Wildman–Crippen LogP) is 0.317. The van der Waals surface area contributed by atoms with Gasteiger partial charge in [-0.25, -0.2) is 0 Å². The number of ether oxygens (including phenoxy) is 1. The van der Waals surface area contributed by atoms with E-state index in [4.69, 9.17) is 4.74 Å². The molecule has 3 aliphatic heterocycles. The molecule has 3 atom stereocenters. The molecule has 3 heterocycles. The third-order valence-electron chi connectivity index (χ3n) is 3.95. The molecule has 1 N–H and O–H groups in total. The summed E-state index contributed by atoms with van der Waals surface area (Å²) < 4.78 is 5.68. The van der Waals surface area contributed by atoms with E-state index in [1.165, 1.54) is 45.6 Å². The average Bonchev–Trinajstić information content (AvgIpc) is 2.78. The first-order chi connectivity index (χ1) is 6.92. The molecule has 0 aromatic heterocycles. The van der Waals surface area contributed by atoms with Crippen molar-refractivity contribution in [1.82, 2.24) is 10.2 Å². The maximum absolute atomic E-state index is 5.68. The Morgan fingerprint density at radius 2 is 2.00 bits per heavy atom. The average molecular weight is 196 g/mol. The lowest BCUT2D eigenvalue weighted by Crippen LogP contribution is -2.32. The standard InChI is InChI=1S/C11H20N2O/c1-2-11(14-3-1)8-13-6-9-4-12-5-10(9)7-13/h9-12H,1-8H2/t9-,10+,11?. The number of rotatable bonds is 2. The van der Waals surface area contributed by atoms with Crippen molar-refractivity contribution in [2.24, 2.45) is 11.8 Å². The van der Waals surface area contributed by atoms with Crippen LogP contribution in [0.2, 0.25) is 0 Å². The Kier molecular flexibility index (Phi) is 2.48. The molecule has 0 aromatic rings. The molecule has 0 aromatic carbocycles. The van der Waals surface area contributed by atoms with Crippen molar-refractivity contribution < 1.29 is 4.74 Å². The van der Waals surface area contributed by atoms with E-state index in [1.54, 1.807) is 0 Å². The van der Waals surface area contributed by atoms with Gasteiger partial charge in [0, 0.05) is 26.2 Å². The van der Waals surface area contributed by atoms with Crippen LogP contribution in [0.3, 0.4) is 0 Å². The maximum atomic E-state index is 5.68. The number of fused-ring (bicyclic) bond motifs is 1. The zero-order valence-corrected chi connectivity index (χ0v) is 8.74. The Morgan fingerprint density at radius 3 is 2.64 bits per heavy atom. The van der Waals surface area contributed by atoms with Crippen molar-refractivity contribution in [3.05, 3.63) is 0 Å². The van der Waals surface area contributed by atoms with Crippen LogP contribution in [0.1, 0.15) is 12.8 Å². The first kappa shape index (κ1) is 9.13. The highest BCUT2D eigenvalue weighted by atomic mass is 16.5. The smallest absolute Gasteiger partial charge is 0.0702 e. The van der Waals surface area contributed by atoms with Crippen molar-refractivity contribution >= 4 is 0 Å². The van der Waals surface area contributed by atoms with Gasteiger partial charge in [0.15, 0.2) is 0 Å². The lowest BCUT2D eigenvalue weighted by atomic mass is 10.0. The van der Waals surface area contributed by atoms with E-state index < -0.39 is 0 Å². The fraction of sp³-hybridized carbons (Fsp3) is 1.00. The molecule has 3 nitrogen and oxygen atoms in total. The second-order valence-corrected chi connectivity index (χ2v) is 5.03. The van der Waals surface area contributed by atoms with Gasteiger partial charge in [-0.1, -0.05) is 0 Å². The number of hydrogen-bond donors (Lipinski definition) is 1. The largest absolute Gasteiger partial charge is 0.377 e. The minimum absolute atomic E-state index is 0.543. The lowest BCUT2D eigenvalue weighted by molar-refractivity contribution is 0.0785. The minimum atomic E-state index is 0.543. The first-order valence-corrected chi connectivity index (χ1v) is 5.96. The molecule has 0 radical (unpaired) electrons. The molecule has 0 aliphatic carbocycles. The van der Waals surface area contributed by atoms with Crippen molar-refractivity contribution in [1.29, 1.82) is 0 Å². The Labute approximate surface area is 85.8 Å². The van der Waals surface area contributed by atoms with E-state index in [0.717, 1.165) is 18.4 Å². The number of hydrogen-bond acceptors (Lipinski definition) is 3. The zero-order valence-electron chi connectivity index (χ0n) is 8.74.